The summed E-state index contributed by atoms with van der Waals surface area (Å²) in [6.45, 7) is 5.75. The molecule has 0 spiro atoms. The Hall–Kier alpha value is -3.50. The van der Waals surface area contributed by atoms with Gasteiger partial charge < -0.3 is 30.2 Å². The summed E-state index contributed by atoms with van der Waals surface area (Å²) in [6, 6.07) is 8.50. The molecule has 1 unspecified atom stereocenters. The predicted octanol–water partition coefficient (Wildman–Crippen LogP) is 1.91. The number of unbranched alkanes of at least 4 members (excludes halogenated alkanes) is 1. The lowest BCUT2D eigenvalue weighted by molar-refractivity contribution is -0.127. The lowest BCUT2D eigenvalue weighted by atomic mass is 10.0. The molecule has 192 valence electrons. The second kappa shape index (κ2) is 22.7. The standard InChI is InChI=1S/C19H29N3O4.C2H3FO.C2H4O2/c1-4-5-11-20-16(23)12-21-18(24)17(14(2)3)22-19(25)26-13-15-9-7-6-8-10-15;3-1-2-4;1-4-2-3/h6-10,14,17H,4-5,11-13H2,1-3H3,(H,20,23)(H,21,24)(H,22,25);2H,1H2;2H,1H3. The first-order valence-electron chi connectivity index (χ1n) is 10.7. The van der Waals surface area contributed by atoms with Gasteiger partial charge in [0.15, 0.2) is 6.29 Å². The molecule has 3 amide bonds. The average Bonchev–Trinajstić information content (AvgIpc) is 2.85. The monoisotopic (exact) mass is 485 g/mol. The maximum atomic E-state index is 12.3. The van der Waals surface area contributed by atoms with Crippen molar-refractivity contribution < 1.29 is 37.8 Å². The van der Waals surface area contributed by atoms with Gasteiger partial charge >= 0.3 is 6.09 Å². The van der Waals surface area contributed by atoms with E-state index in [1.54, 1.807) is 0 Å². The first kappa shape index (κ1) is 32.7. The number of ether oxygens (including phenoxy) is 2. The van der Waals surface area contributed by atoms with Crippen molar-refractivity contribution in [1.82, 2.24) is 16.0 Å². The molecule has 0 aliphatic heterocycles. The summed E-state index contributed by atoms with van der Waals surface area (Å²) in [5, 5.41) is 7.83. The van der Waals surface area contributed by atoms with Gasteiger partial charge in [-0.15, -0.1) is 0 Å². The van der Waals surface area contributed by atoms with Crippen LogP contribution in [-0.2, 0) is 35.3 Å². The van der Waals surface area contributed by atoms with Gasteiger partial charge in [0, 0.05) is 6.54 Å². The van der Waals surface area contributed by atoms with Gasteiger partial charge in [-0.05, 0) is 17.9 Å². The van der Waals surface area contributed by atoms with Crippen LogP contribution in [0.15, 0.2) is 30.3 Å². The molecule has 0 fully saturated rings. The number of hydrogen-bond acceptors (Lipinski definition) is 7. The van der Waals surface area contributed by atoms with Crippen molar-refractivity contribution in [3.05, 3.63) is 35.9 Å². The Balaban J connectivity index is 0. The summed E-state index contributed by atoms with van der Waals surface area (Å²) in [4.78, 5) is 53.6. The molecule has 10 nitrogen and oxygen atoms in total. The number of carbonyl (C=O) groups excluding carboxylic acids is 5. The van der Waals surface area contributed by atoms with Crippen LogP contribution in [0.1, 0.15) is 39.2 Å². The van der Waals surface area contributed by atoms with Gasteiger partial charge in [-0.3, -0.25) is 14.4 Å². The van der Waals surface area contributed by atoms with Crippen molar-refractivity contribution in [3.8, 4) is 0 Å². The van der Waals surface area contributed by atoms with E-state index in [9.17, 15) is 18.8 Å². The molecule has 0 saturated carbocycles. The highest BCUT2D eigenvalue weighted by atomic mass is 19.1. The van der Waals surface area contributed by atoms with Crippen molar-refractivity contribution in [2.45, 2.75) is 46.3 Å². The van der Waals surface area contributed by atoms with Gasteiger partial charge in [0.1, 0.15) is 19.3 Å². The maximum absolute atomic E-state index is 12.3. The van der Waals surface area contributed by atoms with Crippen LogP contribution in [0.5, 0.6) is 0 Å². The fraction of sp³-hybridized carbons (Fsp3) is 0.522. The van der Waals surface area contributed by atoms with E-state index in [0.717, 1.165) is 18.4 Å². The van der Waals surface area contributed by atoms with Crippen molar-refractivity contribution in [2.75, 3.05) is 26.9 Å². The Labute approximate surface area is 199 Å². The number of rotatable bonds is 12. The number of alkyl carbamates (subject to hydrolysis) is 1. The highest BCUT2D eigenvalue weighted by molar-refractivity contribution is 5.89. The Morgan fingerprint density at radius 3 is 2.15 bits per heavy atom. The van der Waals surface area contributed by atoms with Crippen LogP contribution < -0.4 is 16.0 Å². The SMILES string of the molecule is CCCCNC(=O)CNC(=O)C(NC(=O)OCc1ccccc1)C(C)C.COC=O.O=CCF. The smallest absolute Gasteiger partial charge is 0.408 e. The van der Waals surface area contributed by atoms with Crippen LogP contribution in [0, 0.1) is 5.92 Å². The minimum absolute atomic E-state index is 0.119. The van der Waals surface area contributed by atoms with Crippen molar-refractivity contribution in [1.29, 1.82) is 0 Å². The van der Waals surface area contributed by atoms with Crippen LogP contribution in [0.3, 0.4) is 0 Å². The zero-order valence-electron chi connectivity index (χ0n) is 20.2. The number of amides is 3. The van der Waals surface area contributed by atoms with Crippen LogP contribution >= 0.6 is 0 Å². The first-order chi connectivity index (χ1) is 16.3. The molecule has 1 rings (SSSR count). The number of methoxy groups -OCH3 is 1. The van der Waals surface area contributed by atoms with Gasteiger partial charge in [-0.1, -0.05) is 57.5 Å². The number of alkyl halides is 1. The Morgan fingerprint density at radius 1 is 1.09 bits per heavy atom. The van der Waals surface area contributed by atoms with Gasteiger partial charge in [0.25, 0.3) is 6.47 Å². The zero-order chi connectivity index (χ0) is 26.2. The van der Waals surface area contributed by atoms with Gasteiger partial charge in [-0.2, -0.15) is 0 Å². The van der Waals surface area contributed by atoms with Gasteiger partial charge in [0.2, 0.25) is 11.8 Å². The zero-order valence-corrected chi connectivity index (χ0v) is 20.2. The van der Waals surface area contributed by atoms with Gasteiger partial charge in [0.05, 0.1) is 13.7 Å². The highest BCUT2D eigenvalue weighted by Crippen LogP contribution is 2.04. The van der Waals surface area contributed by atoms with Crippen LogP contribution in [0.25, 0.3) is 0 Å². The van der Waals surface area contributed by atoms with E-state index in [1.165, 1.54) is 7.11 Å². The number of carbonyl (C=O) groups is 5. The van der Waals surface area contributed by atoms with Crippen molar-refractivity contribution in [3.63, 3.8) is 0 Å². The van der Waals surface area contributed by atoms with Crippen molar-refractivity contribution >= 4 is 30.7 Å². The fourth-order valence-corrected chi connectivity index (χ4v) is 2.17. The van der Waals surface area contributed by atoms with E-state index < -0.39 is 24.7 Å². The third kappa shape index (κ3) is 19.2. The van der Waals surface area contributed by atoms with Crippen LogP contribution in [0.4, 0.5) is 9.18 Å². The Morgan fingerprint density at radius 2 is 1.68 bits per heavy atom. The molecule has 0 aromatic heterocycles. The topological polar surface area (TPSA) is 140 Å². The molecular formula is C23H36FN3O7. The predicted molar refractivity (Wildman–Crippen MR) is 124 cm³/mol. The number of benzene rings is 1. The highest BCUT2D eigenvalue weighted by Gasteiger charge is 2.25. The normalized spacial score (nSPS) is 10.2. The fourth-order valence-electron chi connectivity index (χ4n) is 2.17. The third-order valence-electron chi connectivity index (χ3n) is 3.87. The summed E-state index contributed by atoms with van der Waals surface area (Å²) >= 11 is 0. The van der Waals surface area contributed by atoms with Crippen LogP contribution in [0.2, 0.25) is 0 Å². The number of halogens is 1. The number of hydrogen-bond donors (Lipinski definition) is 3. The molecule has 0 radical (unpaired) electrons. The summed E-state index contributed by atoms with van der Waals surface area (Å²) in [5.41, 5.74) is 0.858. The third-order valence-corrected chi connectivity index (χ3v) is 3.87. The number of nitrogens with one attached hydrogen (secondary N) is 3. The van der Waals surface area contributed by atoms with E-state index >= 15 is 0 Å². The lowest BCUT2D eigenvalue weighted by Gasteiger charge is -2.21. The molecule has 0 aliphatic rings. The quantitative estimate of drug-likeness (QED) is 0.303. The van der Waals surface area contributed by atoms with E-state index in [0.29, 0.717) is 13.0 Å². The molecule has 0 aliphatic carbocycles. The summed E-state index contributed by atoms with van der Waals surface area (Å²) in [5.74, 6) is -0.814. The average molecular weight is 486 g/mol. The molecule has 0 bridgehead atoms. The summed E-state index contributed by atoms with van der Waals surface area (Å²) in [7, 11) is 1.31. The second-order valence-corrected chi connectivity index (χ2v) is 7.00. The van der Waals surface area contributed by atoms with E-state index in [4.69, 9.17) is 14.3 Å². The molecule has 34 heavy (non-hydrogen) atoms. The Bertz CT molecular complexity index is 695. The van der Waals surface area contributed by atoms with E-state index in [1.807, 2.05) is 51.1 Å². The largest absolute Gasteiger partial charge is 0.471 e. The minimum Gasteiger partial charge on any atom is -0.471 e. The molecule has 1 aromatic rings. The lowest BCUT2D eigenvalue weighted by Crippen LogP contribution is -2.51. The summed E-state index contributed by atoms with van der Waals surface area (Å²) in [6.07, 6.45) is 1.41. The second-order valence-electron chi connectivity index (χ2n) is 7.00. The van der Waals surface area contributed by atoms with Crippen molar-refractivity contribution in [2.24, 2.45) is 5.92 Å². The van der Waals surface area contributed by atoms with Crippen LogP contribution in [-0.4, -0.2) is 63.6 Å². The van der Waals surface area contributed by atoms with Gasteiger partial charge in [-0.25, -0.2) is 9.18 Å². The maximum Gasteiger partial charge on any atom is 0.408 e. The molecular weight excluding hydrogens is 449 g/mol. The first-order valence-corrected chi connectivity index (χ1v) is 10.7. The molecule has 1 atom stereocenters. The molecule has 1 aromatic carbocycles. The Kier molecular flexibility index (Phi) is 21.8. The minimum atomic E-state index is -0.861. The number of aldehydes is 1. The summed E-state index contributed by atoms with van der Waals surface area (Å²) < 4.78 is 19.4. The van der Waals surface area contributed by atoms with E-state index in [-0.39, 0.29) is 31.3 Å². The molecule has 11 heteroatoms. The molecule has 0 saturated heterocycles. The molecule has 0 heterocycles. The van der Waals surface area contributed by atoms with E-state index in [2.05, 4.69) is 20.7 Å². The molecule has 3 N–H and O–H groups in total.